The molecule has 4 nitrogen and oxygen atoms in total. The van der Waals surface area contributed by atoms with E-state index in [4.69, 9.17) is 15.7 Å². The molecule has 1 aliphatic heterocycles. The van der Waals surface area contributed by atoms with E-state index in [-0.39, 0.29) is 5.41 Å². The van der Waals surface area contributed by atoms with Crippen LogP contribution in [0.3, 0.4) is 0 Å². The van der Waals surface area contributed by atoms with Gasteiger partial charge in [0.1, 0.15) is 0 Å². The number of hydrogen-bond acceptors (Lipinski definition) is 4. The standard InChI is InChI=1S/C14H27N3O/c1-14(2,12-16)6-10-17-8-4-13(5-9-17)18-11-3-7-15/h13H,3-11,15H2,1-2H3. The first-order chi connectivity index (χ1) is 8.57. The Morgan fingerprint density at radius 3 is 2.61 bits per heavy atom. The molecule has 18 heavy (non-hydrogen) atoms. The van der Waals surface area contributed by atoms with Crippen LogP contribution in [0.2, 0.25) is 0 Å². The fourth-order valence-electron chi connectivity index (χ4n) is 2.13. The second-order valence-corrected chi connectivity index (χ2v) is 5.80. The largest absolute Gasteiger partial charge is 0.378 e. The highest BCUT2D eigenvalue weighted by Crippen LogP contribution is 2.21. The summed E-state index contributed by atoms with van der Waals surface area (Å²) in [7, 11) is 0. The van der Waals surface area contributed by atoms with Gasteiger partial charge in [-0.2, -0.15) is 5.26 Å². The Labute approximate surface area is 111 Å². The van der Waals surface area contributed by atoms with E-state index in [1.807, 2.05) is 13.8 Å². The lowest BCUT2D eigenvalue weighted by Crippen LogP contribution is -2.38. The normalized spacial score (nSPS) is 18.8. The van der Waals surface area contributed by atoms with Crippen LogP contribution in [0.5, 0.6) is 0 Å². The smallest absolute Gasteiger partial charge is 0.0684 e. The van der Waals surface area contributed by atoms with Gasteiger partial charge in [-0.1, -0.05) is 0 Å². The molecule has 1 rings (SSSR count). The van der Waals surface area contributed by atoms with Crippen molar-refractivity contribution in [3.05, 3.63) is 0 Å². The minimum Gasteiger partial charge on any atom is -0.378 e. The lowest BCUT2D eigenvalue weighted by Gasteiger charge is -2.33. The van der Waals surface area contributed by atoms with Gasteiger partial charge in [0.05, 0.1) is 17.6 Å². The van der Waals surface area contributed by atoms with E-state index >= 15 is 0 Å². The molecule has 104 valence electrons. The van der Waals surface area contributed by atoms with Gasteiger partial charge in [0.25, 0.3) is 0 Å². The van der Waals surface area contributed by atoms with E-state index in [0.717, 1.165) is 51.9 Å². The average molecular weight is 253 g/mol. The zero-order valence-corrected chi connectivity index (χ0v) is 11.8. The maximum absolute atomic E-state index is 8.99. The molecule has 0 aromatic heterocycles. The van der Waals surface area contributed by atoms with E-state index in [2.05, 4.69) is 11.0 Å². The van der Waals surface area contributed by atoms with Crippen molar-refractivity contribution in [2.75, 3.05) is 32.8 Å². The summed E-state index contributed by atoms with van der Waals surface area (Å²) in [5, 5.41) is 8.99. The van der Waals surface area contributed by atoms with Crippen molar-refractivity contribution in [1.82, 2.24) is 4.90 Å². The molecule has 1 saturated heterocycles. The van der Waals surface area contributed by atoms with Crippen LogP contribution in [0, 0.1) is 16.7 Å². The summed E-state index contributed by atoms with van der Waals surface area (Å²) in [5.74, 6) is 0. The maximum atomic E-state index is 8.99. The second kappa shape index (κ2) is 7.73. The fraction of sp³-hybridized carbons (Fsp3) is 0.929. The first-order valence-electron chi connectivity index (χ1n) is 7.02. The van der Waals surface area contributed by atoms with Crippen LogP contribution in [0.15, 0.2) is 0 Å². The summed E-state index contributed by atoms with van der Waals surface area (Å²) in [4.78, 5) is 2.45. The Morgan fingerprint density at radius 2 is 2.06 bits per heavy atom. The van der Waals surface area contributed by atoms with Gasteiger partial charge >= 0.3 is 0 Å². The summed E-state index contributed by atoms with van der Waals surface area (Å²) in [6, 6.07) is 2.36. The number of likely N-dealkylation sites (tertiary alicyclic amines) is 1. The topological polar surface area (TPSA) is 62.3 Å². The SMILES string of the molecule is CC(C)(C#N)CCN1CCC(OCCCN)CC1. The molecule has 0 radical (unpaired) electrons. The van der Waals surface area contributed by atoms with Gasteiger partial charge in [-0.3, -0.25) is 0 Å². The van der Waals surface area contributed by atoms with Crippen LogP contribution in [0.4, 0.5) is 0 Å². The number of nitrogens with two attached hydrogens (primary N) is 1. The Balaban J connectivity index is 2.14. The number of nitrogens with zero attached hydrogens (tertiary/aromatic N) is 2. The quantitative estimate of drug-likeness (QED) is 0.702. The summed E-state index contributed by atoms with van der Waals surface area (Å²) < 4.78 is 5.78. The van der Waals surface area contributed by atoms with Crippen molar-refractivity contribution in [2.24, 2.45) is 11.1 Å². The Kier molecular flexibility index (Phi) is 6.62. The highest BCUT2D eigenvalue weighted by molar-refractivity contribution is 4.92. The summed E-state index contributed by atoms with van der Waals surface area (Å²) in [6.45, 7) is 8.73. The van der Waals surface area contributed by atoms with Crippen molar-refractivity contribution in [2.45, 2.75) is 45.6 Å². The number of rotatable bonds is 7. The molecule has 0 saturated carbocycles. The molecular weight excluding hydrogens is 226 g/mol. The first-order valence-corrected chi connectivity index (χ1v) is 7.02. The van der Waals surface area contributed by atoms with Crippen LogP contribution in [-0.4, -0.2) is 43.8 Å². The summed E-state index contributed by atoms with van der Waals surface area (Å²) in [5.41, 5.74) is 5.25. The van der Waals surface area contributed by atoms with Crippen LogP contribution >= 0.6 is 0 Å². The monoisotopic (exact) mass is 253 g/mol. The van der Waals surface area contributed by atoms with Crippen molar-refractivity contribution in [3.63, 3.8) is 0 Å². The molecule has 0 unspecified atom stereocenters. The van der Waals surface area contributed by atoms with E-state index < -0.39 is 0 Å². The van der Waals surface area contributed by atoms with Crippen LogP contribution in [-0.2, 0) is 4.74 Å². The molecule has 4 heteroatoms. The lowest BCUT2D eigenvalue weighted by atomic mass is 9.91. The third kappa shape index (κ3) is 5.81. The average Bonchev–Trinajstić information content (AvgIpc) is 2.38. The van der Waals surface area contributed by atoms with E-state index in [1.165, 1.54) is 0 Å². The third-order valence-corrected chi connectivity index (χ3v) is 3.59. The molecule has 0 aromatic rings. The molecule has 2 N–H and O–H groups in total. The summed E-state index contributed by atoms with van der Waals surface area (Å²) >= 11 is 0. The van der Waals surface area contributed by atoms with Crippen LogP contribution < -0.4 is 5.73 Å². The van der Waals surface area contributed by atoms with Crippen LogP contribution in [0.25, 0.3) is 0 Å². The molecule has 0 bridgehead atoms. The van der Waals surface area contributed by atoms with Crippen LogP contribution in [0.1, 0.15) is 39.5 Å². The van der Waals surface area contributed by atoms with Gasteiger partial charge in [0, 0.05) is 19.7 Å². The molecule has 0 amide bonds. The van der Waals surface area contributed by atoms with Gasteiger partial charge in [-0.05, 0) is 52.6 Å². The van der Waals surface area contributed by atoms with E-state index in [0.29, 0.717) is 12.6 Å². The number of nitriles is 1. The van der Waals surface area contributed by atoms with Crippen molar-refractivity contribution in [3.8, 4) is 6.07 Å². The predicted octanol–water partition coefficient (Wildman–Crippen LogP) is 1.76. The molecule has 1 aliphatic rings. The minimum atomic E-state index is -0.200. The number of ether oxygens (including phenoxy) is 1. The van der Waals surface area contributed by atoms with Gasteiger partial charge in [0.15, 0.2) is 0 Å². The van der Waals surface area contributed by atoms with Crippen molar-refractivity contribution >= 4 is 0 Å². The fourth-order valence-corrected chi connectivity index (χ4v) is 2.13. The predicted molar refractivity (Wildman–Crippen MR) is 73.1 cm³/mol. The molecule has 0 spiro atoms. The van der Waals surface area contributed by atoms with Gasteiger partial charge in [0.2, 0.25) is 0 Å². The van der Waals surface area contributed by atoms with Gasteiger partial charge in [-0.15, -0.1) is 0 Å². The molecular formula is C14H27N3O. The third-order valence-electron chi connectivity index (χ3n) is 3.59. The molecule has 0 aliphatic carbocycles. The molecule has 1 heterocycles. The molecule has 1 fully saturated rings. The van der Waals surface area contributed by atoms with Gasteiger partial charge in [-0.25, -0.2) is 0 Å². The maximum Gasteiger partial charge on any atom is 0.0684 e. The number of hydrogen-bond donors (Lipinski definition) is 1. The van der Waals surface area contributed by atoms with Crippen molar-refractivity contribution < 1.29 is 4.74 Å². The Hall–Kier alpha value is -0.630. The van der Waals surface area contributed by atoms with E-state index in [9.17, 15) is 0 Å². The van der Waals surface area contributed by atoms with Gasteiger partial charge < -0.3 is 15.4 Å². The summed E-state index contributed by atoms with van der Waals surface area (Å²) in [6.07, 6.45) is 4.53. The highest BCUT2D eigenvalue weighted by atomic mass is 16.5. The van der Waals surface area contributed by atoms with Crippen molar-refractivity contribution in [1.29, 1.82) is 5.26 Å². The molecule has 0 atom stereocenters. The first kappa shape index (κ1) is 15.4. The zero-order chi connectivity index (χ0) is 13.4. The van der Waals surface area contributed by atoms with E-state index in [1.54, 1.807) is 0 Å². The second-order valence-electron chi connectivity index (χ2n) is 5.80. The Morgan fingerprint density at radius 1 is 1.39 bits per heavy atom. The lowest BCUT2D eigenvalue weighted by molar-refractivity contribution is 0.00602. The number of piperidine rings is 1. The zero-order valence-electron chi connectivity index (χ0n) is 11.8. The minimum absolute atomic E-state index is 0.200. The highest BCUT2D eigenvalue weighted by Gasteiger charge is 2.22. The molecule has 0 aromatic carbocycles. The Bertz CT molecular complexity index is 265.